The summed E-state index contributed by atoms with van der Waals surface area (Å²) in [5, 5.41) is 5.27. The van der Waals surface area contributed by atoms with Crippen LogP contribution < -0.4 is 15.4 Å². The van der Waals surface area contributed by atoms with E-state index in [1.54, 1.807) is 31.4 Å². The molecule has 0 aliphatic heterocycles. The Morgan fingerprint density at radius 3 is 2.10 bits per heavy atom. The number of hydrogen-bond acceptors (Lipinski definition) is 6. The van der Waals surface area contributed by atoms with E-state index in [4.69, 9.17) is 13.8 Å². The van der Waals surface area contributed by atoms with Crippen molar-refractivity contribution in [2.24, 2.45) is 0 Å². The summed E-state index contributed by atoms with van der Waals surface area (Å²) in [7, 11) is 1.86. The van der Waals surface area contributed by atoms with Crippen molar-refractivity contribution >= 4 is 19.2 Å². The molecule has 20 heavy (non-hydrogen) atoms. The van der Waals surface area contributed by atoms with Gasteiger partial charge in [0.15, 0.2) is 0 Å². The highest BCUT2D eigenvalue weighted by Gasteiger charge is 2.39. The maximum atomic E-state index is 12.4. The van der Waals surface area contributed by atoms with Crippen LogP contribution in [0.1, 0.15) is 0 Å². The van der Waals surface area contributed by atoms with Crippen LogP contribution >= 0.6 is 7.60 Å². The minimum Gasteiger partial charge on any atom is -0.497 e. The first-order chi connectivity index (χ1) is 9.50. The zero-order chi connectivity index (χ0) is 15.2. The molecule has 0 fully saturated rings. The first-order valence-corrected chi connectivity index (χ1v) is 7.45. The molecule has 0 aliphatic rings. The molecule has 0 spiro atoms. The number of ether oxygens (including phenoxy) is 1. The average Bonchev–Trinajstić information content (AvgIpc) is 2.51. The Balaban J connectivity index is 3.00. The van der Waals surface area contributed by atoms with Gasteiger partial charge in [-0.05, 0) is 24.3 Å². The Labute approximate surface area is 118 Å². The van der Waals surface area contributed by atoms with Crippen molar-refractivity contribution in [2.75, 3.05) is 33.7 Å². The zero-order valence-electron chi connectivity index (χ0n) is 11.9. The first-order valence-electron chi connectivity index (χ1n) is 5.84. The van der Waals surface area contributed by atoms with E-state index in [1.165, 1.54) is 21.3 Å². The fourth-order valence-electron chi connectivity index (χ4n) is 1.56. The number of anilines is 1. The summed E-state index contributed by atoms with van der Waals surface area (Å²) in [4.78, 5) is 11.9. The molecule has 112 valence electrons. The Hall–Kier alpha value is -1.56. The molecule has 1 aromatic carbocycles. The highest BCUT2D eigenvalue weighted by atomic mass is 31.2. The summed E-state index contributed by atoms with van der Waals surface area (Å²) in [6.45, 7) is 0. The molecule has 1 amide bonds. The largest absolute Gasteiger partial charge is 0.497 e. The maximum Gasteiger partial charge on any atom is 0.361 e. The normalized spacial score (nSPS) is 12.6. The van der Waals surface area contributed by atoms with Gasteiger partial charge in [0.05, 0.1) is 7.11 Å². The fraction of sp³-hybridized carbons (Fsp3) is 0.417. The molecule has 0 aliphatic carbocycles. The summed E-state index contributed by atoms with van der Waals surface area (Å²) in [6, 6.07) is 6.83. The van der Waals surface area contributed by atoms with Gasteiger partial charge in [0.2, 0.25) is 5.78 Å². The predicted octanol–water partition coefficient (Wildman–Crippen LogP) is 1.67. The van der Waals surface area contributed by atoms with Crippen LogP contribution in [-0.4, -0.2) is 40.1 Å². The third kappa shape index (κ3) is 3.72. The number of likely N-dealkylation sites (N-methyl/N-ethyl adjacent to an activating group) is 1. The van der Waals surface area contributed by atoms with E-state index in [9.17, 15) is 9.36 Å². The Morgan fingerprint density at radius 1 is 1.15 bits per heavy atom. The maximum absolute atomic E-state index is 12.4. The number of hydrogen-bond donors (Lipinski definition) is 2. The standard InChI is InChI=1S/C12H19N2O5P/c1-13-11(15)12(20(16,18-3)19-4)14-9-5-7-10(17-2)8-6-9/h5-8,12,14H,1-4H3,(H,13,15). The molecule has 0 heterocycles. The molecule has 0 saturated carbocycles. The SMILES string of the molecule is CNC(=O)C(Nc1ccc(OC)cc1)P(=O)(OC)OC. The topological polar surface area (TPSA) is 85.9 Å². The molecule has 1 rings (SSSR count). The minimum absolute atomic E-state index is 0.493. The zero-order valence-corrected chi connectivity index (χ0v) is 12.8. The van der Waals surface area contributed by atoms with Gasteiger partial charge in [-0.1, -0.05) is 0 Å². The van der Waals surface area contributed by atoms with Gasteiger partial charge in [-0.25, -0.2) is 0 Å². The van der Waals surface area contributed by atoms with E-state index >= 15 is 0 Å². The molecule has 0 bridgehead atoms. The quantitative estimate of drug-likeness (QED) is 0.745. The number of rotatable bonds is 7. The fourth-order valence-corrected chi connectivity index (χ4v) is 2.85. The smallest absolute Gasteiger partial charge is 0.361 e. The van der Waals surface area contributed by atoms with E-state index < -0.39 is 19.3 Å². The van der Waals surface area contributed by atoms with Gasteiger partial charge in [-0.3, -0.25) is 9.36 Å². The number of amides is 1. The molecule has 8 heteroatoms. The highest BCUT2D eigenvalue weighted by molar-refractivity contribution is 7.55. The molecule has 0 aromatic heterocycles. The van der Waals surface area contributed by atoms with Crippen molar-refractivity contribution in [3.63, 3.8) is 0 Å². The highest BCUT2D eigenvalue weighted by Crippen LogP contribution is 2.51. The van der Waals surface area contributed by atoms with Crippen molar-refractivity contribution in [3.8, 4) is 5.75 Å². The number of nitrogens with one attached hydrogen (secondary N) is 2. The van der Waals surface area contributed by atoms with Crippen molar-refractivity contribution in [2.45, 2.75) is 5.78 Å². The Bertz CT molecular complexity index is 483. The van der Waals surface area contributed by atoms with Gasteiger partial charge in [-0.15, -0.1) is 0 Å². The van der Waals surface area contributed by atoms with Crippen LogP contribution in [0.2, 0.25) is 0 Å². The number of carbonyl (C=O) groups is 1. The van der Waals surface area contributed by atoms with Gasteiger partial charge < -0.3 is 24.4 Å². The summed E-state index contributed by atoms with van der Waals surface area (Å²) < 4.78 is 27.2. The van der Waals surface area contributed by atoms with Crippen LogP contribution in [0.4, 0.5) is 5.69 Å². The lowest BCUT2D eigenvalue weighted by Gasteiger charge is -2.24. The van der Waals surface area contributed by atoms with Crippen LogP contribution in [0.25, 0.3) is 0 Å². The Morgan fingerprint density at radius 2 is 1.70 bits per heavy atom. The lowest BCUT2D eigenvalue weighted by atomic mass is 10.3. The van der Waals surface area contributed by atoms with E-state index in [0.717, 1.165) is 0 Å². The van der Waals surface area contributed by atoms with Crippen molar-refractivity contribution in [3.05, 3.63) is 24.3 Å². The molecule has 7 nitrogen and oxygen atoms in total. The minimum atomic E-state index is -3.60. The van der Waals surface area contributed by atoms with E-state index in [-0.39, 0.29) is 0 Å². The second-order valence-electron chi connectivity index (χ2n) is 3.79. The van der Waals surface area contributed by atoms with E-state index in [2.05, 4.69) is 10.6 Å². The van der Waals surface area contributed by atoms with E-state index in [1.807, 2.05) is 0 Å². The van der Waals surface area contributed by atoms with Gasteiger partial charge in [0.1, 0.15) is 5.75 Å². The predicted molar refractivity (Wildman–Crippen MR) is 76.1 cm³/mol. The molecule has 1 atom stereocenters. The van der Waals surface area contributed by atoms with Crippen LogP contribution in [0.15, 0.2) is 24.3 Å². The molecule has 1 aromatic rings. The van der Waals surface area contributed by atoms with Crippen LogP contribution in [-0.2, 0) is 18.4 Å². The molecule has 0 saturated heterocycles. The van der Waals surface area contributed by atoms with Crippen molar-refractivity contribution in [1.29, 1.82) is 0 Å². The lowest BCUT2D eigenvalue weighted by Crippen LogP contribution is -2.38. The van der Waals surface area contributed by atoms with Gasteiger partial charge in [0, 0.05) is 27.0 Å². The first kappa shape index (κ1) is 16.5. The summed E-state index contributed by atoms with van der Waals surface area (Å²) in [5.74, 6) is -0.961. The number of methoxy groups -OCH3 is 1. The summed E-state index contributed by atoms with van der Waals surface area (Å²) in [5.41, 5.74) is 0.591. The van der Waals surface area contributed by atoms with Crippen LogP contribution in [0.5, 0.6) is 5.75 Å². The number of benzene rings is 1. The molecule has 2 N–H and O–H groups in total. The van der Waals surface area contributed by atoms with Gasteiger partial charge >= 0.3 is 7.60 Å². The average molecular weight is 302 g/mol. The molecular formula is C12H19N2O5P. The Kier molecular flexibility index (Phi) is 6.01. The van der Waals surface area contributed by atoms with Crippen molar-refractivity contribution < 1.29 is 23.1 Å². The second kappa shape index (κ2) is 7.28. The molecule has 0 radical (unpaired) electrons. The number of carbonyl (C=O) groups excluding carboxylic acids is 1. The monoisotopic (exact) mass is 302 g/mol. The van der Waals surface area contributed by atoms with Crippen molar-refractivity contribution in [1.82, 2.24) is 5.32 Å². The molecule has 1 unspecified atom stereocenters. The summed E-state index contributed by atoms with van der Waals surface area (Å²) in [6.07, 6.45) is 0. The third-order valence-electron chi connectivity index (χ3n) is 2.71. The van der Waals surface area contributed by atoms with Gasteiger partial charge in [0.25, 0.3) is 5.91 Å². The van der Waals surface area contributed by atoms with Crippen LogP contribution in [0, 0.1) is 0 Å². The second-order valence-corrected chi connectivity index (χ2v) is 6.12. The van der Waals surface area contributed by atoms with Crippen LogP contribution in [0.3, 0.4) is 0 Å². The van der Waals surface area contributed by atoms with E-state index in [0.29, 0.717) is 11.4 Å². The van der Waals surface area contributed by atoms with Gasteiger partial charge in [-0.2, -0.15) is 0 Å². The summed E-state index contributed by atoms with van der Waals surface area (Å²) >= 11 is 0. The molecular weight excluding hydrogens is 283 g/mol. The third-order valence-corrected chi connectivity index (χ3v) is 4.73. The lowest BCUT2D eigenvalue weighted by molar-refractivity contribution is -0.120.